The summed E-state index contributed by atoms with van der Waals surface area (Å²) in [6, 6.07) is 12.0. The van der Waals surface area contributed by atoms with Gasteiger partial charge in [0.2, 0.25) is 0 Å². The third kappa shape index (κ3) is 3.94. The molecule has 0 fully saturated rings. The molecule has 3 rings (SSSR count). The molecular weight excluding hydrogens is 293 g/mol. The lowest BCUT2D eigenvalue weighted by atomic mass is 10.0. The van der Waals surface area contributed by atoms with Gasteiger partial charge in [-0.15, -0.1) is 0 Å². The number of halogens is 1. The van der Waals surface area contributed by atoms with Crippen molar-refractivity contribution < 1.29 is 9.50 Å². The van der Waals surface area contributed by atoms with Crippen LogP contribution in [0.4, 0.5) is 4.39 Å². The molecule has 0 saturated heterocycles. The minimum Gasteiger partial charge on any atom is -0.388 e. The molecule has 2 N–H and O–H groups in total. The summed E-state index contributed by atoms with van der Waals surface area (Å²) >= 11 is 0. The van der Waals surface area contributed by atoms with Gasteiger partial charge >= 0.3 is 0 Å². The summed E-state index contributed by atoms with van der Waals surface area (Å²) in [6.07, 6.45) is 3.90. The van der Waals surface area contributed by atoms with Gasteiger partial charge in [0.15, 0.2) is 0 Å². The van der Waals surface area contributed by atoms with Crippen LogP contribution in [0.5, 0.6) is 0 Å². The number of fused-ring (bicyclic) bond motifs is 1. The first-order chi connectivity index (χ1) is 11.1. The second kappa shape index (κ2) is 6.89. The Bertz CT molecular complexity index is 736. The highest BCUT2D eigenvalue weighted by Crippen LogP contribution is 2.18. The molecule has 0 aliphatic rings. The molecule has 4 nitrogen and oxygen atoms in total. The zero-order valence-electron chi connectivity index (χ0n) is 13.0. The van der Waals surface area contributed by atoms with E-state index in [4.69, 9.17) is 0 Å². The van der Waals surface area contributed by atoms with Gasteiger partial charge in [-0.25, -0.2) is 9.37 Å². The smallest absolute Gasteiger partial charge is 0.137 e. The zero-order valence-corrected chi connectivity index (χ0v) is 13.0. The van der Waals surface area contributed by atoms with Gasteiger partial charge in [0.25, 0.3) is 0 Å². The molecule has 0 amide bonds. The molecule has 0 spiro atoms. The van der Waals surface area contributed by atoms with E-state index < -0.39 is 6.10 Å². The van der Waals surface area contributed by atoms with Crippen molar-refractivity contribution in [2.75, 3.05) is 0 Å². The number of aromatic nitrogens is 2. The second-order valence-electron chi connectivity index (χ2n) is 5.78. The third-order valence-electron chi connectivity index (χ3n) is 3.88. The largest absolute Gasteiger partial charge is 0.388 e. The highest BCUT2D eigenvalue weighted by molar-refractivity contribution is 5.39. The predicted molar refractivity (Wildman–Crippen MR) is 87.5 cm³/mol. The molecule has 23 heavy (non-hydrogen) atoms. The van der Waals surface area contributed by atoms with Crippen LogP contribution < -0.4 is 5.32 Å². The topological polar surface area (TPSA) is 49.6 Å². The van der Waals surface area contributed by atoms with Gasteiger partial charge in [-0.05, 0) is 43.2 Å². The third-order valence-corrected chi connectivity index (χ3v) is 3.88. The lowest BCUT2D eigenvalue weighted by Crippen LogP contribution is -2.27. The summed E-state index contributed by atoms with van der Waals surface area (Å²) in [5.41, 5.74) is 2.61. The Morgan fingerprint density at radius 1 is 1.22 bits per heavy atom. The number of imidazole rings is 1. The van der Waals surface area contributed by atoms with Crippen molar-refractivity contribution >= 4 is 5.65 Å². The van der Waals surface area contributed by atoms with Crippen molar-refractivity contribution in [2.24, 2.45) is 0 Å². The fourth-order valence-electron chi connectivity index (χ4n) is 2.59. The van der Waals surface area contributed by atoms with Crippen LogP contribution in [0.25, 0.3) is 5.65 Å². The Balaban J connectivity index is 1.54. The minimum absolute atomic E-state index is 0.111. The van der Waals surface area contributed by atoms with Crippen LogP contribution in [0, 0.1) is 5.82 Å². The fourth-order valence-corrected chi connectivity index (χ4v) is 2.59. The summed E-state index contributed by atoms with van der Waals surface area (Å²) in [7, 11) is 0. The SMILES string of the molecule is C[C@@H](C[C@H](O)c1ccc(F)cc1)NCc1cn2ccccc2n1. The maximum Gasteiger partial charge on any atom is 0.137 e. The Labute approximate surface area is 134 Å². The summed E-state index contributed by atoms with van der Waals surface area (Å²) in [5.74, 6) is -0.293. The van der Waals surface area contributed by atoms with Crippen LogP contribution in [0.3, 0.4) is 0 Å². The first-order valence-electron chi connectivity index (χ1n) is 7.71. The van der Waals surface area contributed by atoms with Crippen molar-refractivity contribution in [2.45, 2.75) is 32.0 Å². The van der Waals surface area contributed by atoms with Crippen molar-refractivity contribution in [1.29, 1.82) is 0 Å². The van der Waals surface area contributed by atoms with Crippen molar-refractivity contribution in [3.8, 4) is 0 Å². The normalized spacial score (nSPS) is 14.0. The van der Waals surface area contributed by atoms with E-state index in [2.05, 4.69) is 10.3 Å². The number of nitrogens with zero attached hydrogens (tertiary/aromatic N) is 2. The zero-order chi connectivity index (χ0) is 16.2. The maximum atomic E-state index is 12.9. The molecule has 0 bridgehead atoms. The molecule has 2 aromatic heterocycles. The molecule has 2 atom stereocenters. The number of nitrogens with one attached hydrogen (secondary N) is 1. The van der Waals surface area contributed by atoms with Crippen LogP contribution in [-0.2, 0) is 6.54 Å². The molecule has 0 radical (unpaired) electrons. The molecule has 120 valence electrons. The summed E-state index contributed by atoms with van der Waals surface area (Å²) < 4.78 is 14.9. The van der Waals surface area contributed by atoms with Gasteiger partial charge in [-0.3, -0.25) is 0 Å². The summed E-state index contributed by atoms with van der Waals surface area (Å²) in [6.45, 7) is 2.65. The first-order valence-corrected chi connectivity index (χ1v) is 7.71. The number of hydrogen-bond donors (Lipinski definition) is 2. The van der Waals surface area contributed by atoms with Gasteiger partial charge in [-0.1, -0.05) is 18.2 Å². The van der Waals surface area contributed by atoms with Crippen molar-refractivity contribution in [3.05, 3.63) is 71.9 Å². The van der Waals surface area contributed by atoms with Gasteiger partial charge in [0.1, 0.15) is 11.5 Å². The van der Waals surface area contributed by atoms with E-state index in [-0.39, 0.29) is 11.9 Å². The quantitative estimate of drug-likeness (QED) is 0.735. The molecule has 0 unspecified atom stereocenters. The number of pyridine rings is 1. The average molecular weight is 313 g/mol. The summed E-state index contributed by atoms with van der Waals surface area (Å²) in [5, 5.41) is 13.6. The first kappa shape index (κ1) is 15.6. The molecule has 0 aliphatic heterocycles. The maximum absolute atomic E-state index is 12.9. The van der Waals surface area contributed by atoms with Gasteiger partial charge in [0, 0.05) is 25.0 Å². The van der Waals surface area contributed by atoms with E-state index >= 15 is 0 Å². The van der Waals surface area contributed by atoms with Gasteiger partial charge in [-0.2, -0.15) is 0 Å². The molecule has 2 heterocycles. The highest BCUT2D eigenvalue weighted by Gasteiger charge is 2.13. The molecule has 0 saturated carbocycles. The Morgan fingerprint density at radius 2 is 2.00 bits per heavy atom. The van der Waals surface area contributed by atoms with Gasteiger partial charge < -0.3 is 14.8 Å². The number of rotatable bonds is 6. The van der Waals surface area contributed by atoms with Gasteiger partial charge in [0.05, 0.1) is 11.8 Å². The van der Waals surface area contributed by atoms with E-state index in [0.29, 0.717) is 13.0 Å². The minimum atomic E-state index is -0.612. The van der Waals surface area contributed by atoms with Crippen LogP contribution in [0.1, 0.15) is 30.7 Å². The Kier molecular flexibility index (Phi) is 4.69. The van der Waals surface area contributed by atoms with Crippen LogP contribution in [0.15, 0.2) is 54.9 Å². The van der Waals surface area contributed by atoms with Crippen LogP contribution in [0.2, 0.25) is 0 Å². The molecule has 1 aromatic carbocycles. The van der Waals surface area contributed by atoms with E-state index in [1.165, 1.54) is 12.1 Å². The average Bonchev–Trinajstić information content (AvgIpc) is 2.96. The standard InChI is InChI=1S/C18H20FN3O/c1-13(10-17(23)14-5-7-15(19)8-6-14)20-11-16-12-22-9-3-2-4-18(22)21-16/h2-9,12-13,17,20,23H,10-11H2,1H3/t13-,17-/m0/s1. The molecular formula is C18H20FN3O. The Morgan fingerprint density at radius 3 is 2.74 bits per heavy atom. The van der Waals surface area contributed by atoms with E-state index in [1.54, 1.807) is 12.1 Å². The van der Waals surface area contributed by atoms with E-state index in [0.717, 1.165) is 16.9 Å². The highest BCUT2D eigenvalue weighted by atomic mass is 19.1. The number of aliphatic hydroxyl groups is 1. The number of aliphatic hydroxyl groups excluding tert-OH is 1. The Hall–Kier alpha value is -2.24. The predicted octanol–water partition coefficient (Wildman–Crippen LogP) is 3.08. The fraction of sp³-hybridized carbons (Fsp3) is 0.278. The monoisotopic (exact) mass is 313 g/mol. The lowest BCUT2D eigenvalue weighted by molar-refractivity contribution is 0.153. The number of hydrogen-bond acceptors (Lipinski definition) is 3. The molecule has 3 aromatic rings. The van der Waals surface area contributed by atoms with Crippen molar-refractivity contribution in [3.63, 3.8) is 0 Å². The number of benzene rings is 1. The van der Waals surface area contributed by atoms with Crippen LogP contribution >= 0.6 is 0 Å². The van der Waals surface area contributed by atoms with Crippen LogP contribution in [-0.4, -0.2) is 20.5 Å². The molecule has 5 heteroatoms. The van der Waals surface area contributed by atoms with E-state index in [1.807, 2.05) is 41.9 Å². The second-order valence-corrected chi connectivity index (χ2v) is 5.78. The summed E-state index contributed by atoms with van der Waals surface area (Å²) in [4.78, 5) is 4.53. The lowest BCUT2D eigenvalue weighted by Gasteiger charge is -2.17. The van der Waals surface area contributed by atoms with Crippen molar-refractivity contribution in [1.82, 2.24) is 14.7 Å². The van der Waals surface area contributed by atoms with E-state index in [9.17, 15) is 9.50 Å². The molecule has 0 aliphatic carbocycles.